The third kappa shape index (κ3) is 21.1. The highest BCUT2D eigenvalue weighted by Gasteiger charge is 2.37. The van der Waals surface area contributed by atoms with Gasteiger partial charge in [-0.05, 0) is 264 Å². The number of hydrogen-bond acceptors (Lipinski definition) is 17. The van der Waals surface area contributed by atoms with Crippen LogP contribution in [0.2, 0.25) is 0 Å². The lowest BCUT2D eigenvalue weighted by atomic mass is 10.0. The molecular weight excluding hydrogens is 1740 g/mol. The van der Waals surface area contributed by atoms with Gasteiger partial charge in [0.15, 0.2) is 0 Å². The summed E-state index contributed by atoms with van der Waals surface area (Å²) >= 11 is 0. The predicted octanol–water partition coefficient (Wildman–Crippen LogP) is 22.0. The molecular formula is C108H105F7N22. The summed E-state index contributed by atoms with van der Waals surface area (Å²) in [6.45, 7) is 8.06. The lowest BCUT2D eigenvalue weighted by Crippen LogP contribution is -2.26. The number of pyridine rings is 1. The van der Waals surface area contributed by atoms with Crippen LogP contribution in [0.1, 0.15) is 116 Å². The van der Waals surface area contributed by atoms with Crippen molar-refractivity contribution >= 4 is 28.7 Å². The van der Waals surface area contributed by atoms with Crippen LogP contribution in [0.25, 0.3) is 101 Å². The van der Waals surface area contributed by atoms with Crippen LogP contribution in [-0.2, 0) is 51.9 Å². The first-order valence-corrected chi connectivity index (χ1v) is 46.7. The molecule has 1 fully saturated rings. The largest absolute Gasteiger partial charge is 0.357 e. The molecule has 22 rings (SSSR count). The minimum Gasteiger partial charge on any atom is -0.357 e. The quantitative estimate of drug-likeness (QED) is 0.0389. The Balaban J connectivity index is 0.000000117. The fourth-order valence-corrected chi connectivity index (χ4v) is 19.4. The Bertz CT molecular complexity index is 7060. The van der Waals surface area contributed by atoms with Gasteiger partial charge in [-0.2, -0.15) is 0 Å². The monoisotopic (exact) mass is 1840 g/mol. The summed E-state index contributed by atoms with van der Waals surface area (Å²) in [7, 11) is 7.94. The van der Waals surface area contributed by atoms with Crippen molar-refractivity contribution in [1.29, 1.82) is 0 Å². The van der Waals surface area contributed by atoms with Gasteiger partial charge in [0.25, 0.3) is 0 Å². The summed E-state index contributed by atoms with van der Waals surface area (Å²) in [5.41, 5.74) is 18.1. The van der Waals surface area contributed by atoms with Crippen molar-refractivity contribution < 1.29 is 30.7 Å². The molecule has 696 valence electrons. The summed E-state index contributed by atoms with van der Waals surface area (Å²) < 4.78 is 107. The van der Waals surface area contributed by atoms with Crippen LogP contribution in [0, 0.1) is 40.7 Å². The normalized spacial score (nSPS) is 15.6. The fraction of sp³-hybridized carbons (Fsp3) is 0.269. The van der Waals surface area contributed by atoms with E-state index in [0.717, 1.165) is 234 Å². The van der Waals surface area contributed by atoms with Gasteiger partial charge < -0.3 is 53.5 Å². The molecule has 0 amide bonds. The van der Waals surface area contributed by atoms with Gasteiger partial charge in [-0.15, -0.1) is 0 Å². The third-order valence-corrected chi connectivity index (χ3v) is 25.7. The van der Waals surface area contributed by atoms with Crippen molar-refractivity contribution in [3.05, 3.63) is 348 Å². The van der Waals surface area contributed by atoms with Crippen molar-refractivity contribution in [3.63, 3.8) is 0 Å². The summed E-state index contributed by atoms with van der Waals surface area (Å²) in [6, 6.07) is 67.8. The molecule has 17 aromatic rings. The maximum Gasteiger partial charge on any atom is 0.223 e. The molecule has 8 aromatic carbocycles. The van der Waals surface area contributed by atoms with E-state index < -0.39 is 0 Å². The van der Waals surface area contributed by atoms with Crippen LogP contribution in [-0.4, -0.2) is 153 Å². The molecule has 137 heavy (non-hydrogen) atoms. The first-order valence-electron chi connectivity index (χ1n) is 46.7. The zero-order valence-corrected chi connectivity index (χ0v) is 76.9. The Morgan fingerprint density at radius 1 is 0.350 bits per heavy atom. The van der Waals surface area contributed by atoms with E-state index in [1.807, 2.05) is 80.1 Å². The van der Waals surface area contributed by atoms with Crippen LogP contribution in [0.15, 0.2) is 268 Å². The lowest BCUT2D eigenvalue weighted by Gasteiger charge is -2.24. The lowest BCUT2D eigenvalue weighted by molar-refractivity contribution is 0.273. The number of fused-ring (bicyclic) bond motifs is 5. The van der Waals surface area contributed by atoms with Crippen molar-refractivity contribution in [2.75, 3.05) is 70.3 Å². The molecule has 29 heteroatoms. The zero-order valence-electron chi connectivity index (χ0n) is 76.9. The van der Waals surface area contributed by atoms with E-state index in [4.69, 9.17) is 34.9 Å². The van der Waals surface area contributed by atoms with Crippen LogP contribution in [0.4, 0.5) is 48.6 Å². The van der Waals surface area contributed by atoms with Crippen molar-refractivity contribution in [2.24, 2.45) is 0 Å². The van der Waals surface area contributed by atoms with Crippen LogP contribution < -0.4 is 16.0 Å². The van der Waals surface area contributed by atoms with E-state index in [1.54, 1.807) is 98.4 Å². The van der Waals surface area contributed by atoms with Crippen LogP contribution in [0.5, 0.6) is 0 Å². The van der Waals surface area contributed by atoms with E-state index in [0.29, 0.717) is 49.6 Å². The van der Waals surface area contributed by atoms with Gasteiger partial charge in [-0.1, -0.05) is 61.5 Å². The summed E-state index contributed by atoms with van der Waals surface area (Å²) in [5, 5.41) is 10.9. The molecule has 0 radical (unpaired) electrons. The molecule has 9 aromatic heterocycles. The van der Waals surface area contributed by atoms with Crippen LogP contribution in [0.3, 0.4) is 0 Å². The number of anilines is 3. The third-order valence-electron chi connectivity index (χ3n) is 25.7. The summed E-state index contributed by atoms with van der Waals surface area (Å²) in [6.07, 6.45) is 21.7. The van der Waals surface area contributed by atoms with E-state index in [1.165, 1.54) is 77.6 Å². The number of hydrogen-bond donors (Lipinski definition) is 3. The first-order chi connectivity index (χ1) is 66.8. The second-order valence-electron chi connectivity index (χ2n) is 35.8. The number of halogens is 7. The number of imidazole rings is 4. The molecule has 1 saturated carbocycles. The van der Waals surface area contributed by atoms with E-state index in [2.05, 4.69) is 131 Å². The van der Waals surface area contributed by atoms with Gasteiger partial charge in [0.1, 0.15) is 64.0 Å². The maximum atomic E-state index is 13.7. The number of nitrogens with one attached hydrogen (secondary N) is 3. The predicted molar refractivity (Wildman–Crippen MR) is 521 cm³/mol. The van der Waals surface area contributed by atoms with Gasteiger partial charge in [0, 0.05) is 180 Å². The van der Waals surface area contributed by atoms with Crippen molar-refractivity contribution in [1.82, 2.24) is 92.4 Å². The Morgan fingerprint density at radius 2 is 0.723 bits per heavy atom. The van der Waals surface area contributed by atoms with Crippen molar-refractivity contribution in [2.45, 2.75) is 134 Å². The molecule has 13 heterocycles. The highest BCUT2D eigenvalue weighted by Crippen LogP contribution is 2.46. The topological polar surface area (TPSA) is 212 Å². The second-order valence-corrected chi connectivity index (χ2v) is 35.8. The Labute approximate surface area is 790 Å². The molecule has 0 spiro atoms. The summed E-state index contributed by atoms with van der Waals surface area (Å²) in [4.78, 5) is 58.2. The van der Waals surface area contributed by atoms with Gasteiger partial charge in [0.05, 0.1) is 68.7 Å². The van der Waals surface area contributed by atoms with Gasteiger partial charge >= 0.3 is 0 Å². The summed E-state index contributed by atoms with van der Waals surface area (Å²) in [5.74, 6) is 4.06. The second kappa shape index (κ2) is 41.3. The molecule has 22 nitrogen and oxygen atoms in total. The molecule has 5 aliphatic rings. The number of likely N-dealkylation sites (N-methyl/N-ethyl adjacent to an activating group) is 3. The number of nitrogens with zero attached hydrogens (tertiary/aromatic N) is 19. The smallest absolute Gasteiger partial charge is 0.223 e. The highest BCUT2D eigenvalue weighted by atomic mass is 19.2. The number of rotatable bonds is 28. The number of benzene rings is 8. The standard InChI is InChI=1S/C28H28F2N6.C28H30F2N6.C26H26F2N6.C26H21FN4/c1-35(16-18-3-2-4-21(30)15-18)17-23-11-12-25-34-26(19-5-7-20(29)8-6-19)27(36(23)25)24-13-14-31-28(33-24)32-22-9-10-22;1-3-14-31-28-32-15-13-24(33-28)27-26(20-7-9-21(29)10-8-20)34-25-12-11-23(36(25)27)18-35(2)17-19-5-4-6-22(30)16-19;1-29-26-30-13-12-22(31-26)25-24(18-6-8-19(27)9-7-18)32-23-11-10-21(34(23)25)16-33(2)15-17-4-3-5-20(28)14-17;27-21-7-5-19(6-8-21)25-26(20-11-14-28-15-12-20)31-22(9-10-24(31)29-25)17-30-16-13-18-3-1-2-4-23(18)30/h2-8,13-15,22-23H,9-12,16-17H2,1H3,(H,31,32,33);4-10,13,15-16,23H,3,11-12,14,17-18H2,1-2H3,(H,31,32,33);3-9,12-14,21H,10-11,15-16H2,1-2H3,(H,29,30,31);1-8,11-16,22H,9-10,17H2/t2*23-;21-;22-/m0000/s1. The SMILES string of the molecule is CCCNc1nccc(-c2c(-c3ccc(F)cc3)nc3n2[C@H](CN(C)Cc2cccc(F)c2)CC3)n1.CN(Cc1cccc(F)c1)C[C@@H]1CCc2nc(-c3ccc(F)cc3)c(-c3ccnc(NC4CC4)n3)n21.CNc1nccc(-c2c(-c3ccc(F)cc3)nc3n2[C@H](CN(C)Cc2cccc(F)c2)CC3)n1.Fc1ccc(-c2nc3n(c2-c2ccncc2)[C@H](Cn2ccc4ccccc42)CC3)cc1. The molecule has 4 atom stereocenters. The number of aromatic nitrogens is 16. The average Bonchev–Trinajstić information content (AvgIpc) is 1.61. The van der Waals surface area contributed by atoms with E-state index in [-0.39, 0.29) is 58.8 Å². The number of aryl methyl sites for hydroxylation is 4. The molecule has 0 unspecified atom stereocenters. The average molecular weight is 1840 g/mol. The minimum atomic E-state index is -0.284. The van der Waals surface area contributed by atoms with E-state index in [9.17, 15) is 30.7 Å². The Morgan fingerprint density at radius 3 is 1.12 bits per heavy atom. The van der Waals surface area contributed by atoms with Crippen LogP contribution >= 0.6 is 0 Å². The van der Waals surface area contributed by atoms with E-state index >= 15 is 0 Å². The van der Waals surface area contributed by atoms with Gasteiger partial charge in [-0.3, -0.25) is 4.98 Å². The molecule has 3 N–H and O–H groups in total. The molecule has 1 aliphatic carbocycles. The van der Waals surface area contributed by atoms with Gasteiger partial charge in [0.2, 0.25) is 17.8 Å². The molecule has 0 bridgehead atoms. The minimum absolute atomic E-state index is 0.178. The number of para-hydroxylation sites is 1. The Kier molecular flexibility index (Phi) is 27.5. The fourth-order valence-electron chi connectivity index (χ4n) is 19.4. The van der Waals surface area contributed by atoms with Crippen molar-refractivity contribution in [3.8, 4) is 90.5 Å². The Hall–Kier alpha value is -14.7. The zero-order chi connectivity index (χ0) is 94.2. The maximum absolute atomic E-state index is 13.7. The van der Waals surface area contributed by atoms with Gasteiger partial charge in [-0.25, -0.2) is 80.6 Å². The highest BCUT2D eigenvalue weighted by molar-refractivity contribution is 5.83. The molecule has 4 aliphatic heterocycles. The molecule has 0 saturated heterocycles. The first kappa shape index (κ1) is 91.4.